The molecule has 2 atom stereocenters. The van der Waals surface area contributed by atoms with Crippen LogP contribution < -0.4 is 26.0 Å². The van der Waals surface area contributed by atoms with Gasteiger partial charge in [0, 0.05) is 65.7 Å². The summed E-state index contributed by atoms with van der Waals surface area (Å²) in [5.41, 5.74) is 3.09. The molecule has 0 bridgehead atoms. The maximum atomic E-state index is 14.2. The third-order valence-electron chi connectivity index (χ3n) is 12.0. The number of nitrogens with zero attached hydrogens (tertiary/aromatic N) is 2. The Morgan fingerprint density at radius 3 is 2.16 bits per heavy atom. The molecule has 13 nitrogen and oxygen atoms in total. The number of nitrogens with one attached hydrogen (secondary N) is 3. The van der Waals surface area contributed by atoms with Gasteiger partial charge in [-0.2, -0.15) is 13.2 Å². The lowest BCUT2D eigenvalue weighted by atomic mass is 9.82. The minimum atomic E-state index is -6.08. The molecule has 0 aromatic heterocycles. The fourth-order valence-corrected chi connectivity index (χ4v) is 11.5. The van der Waals surface area contributed by atoms with Gasteiger partial charge < -0.3 is 26.0 Å². The van der Waals surface area contributed by atoms with Gasteiger partial charge in [0.15, 0.2) is 0 Å². The van der Waals surface area contributed by atoms with Crippen molar-refractivity contribution in [1.29, 1.82) is 0 Å². The summed E-state index contributed by atoms with van der Waals surface area (Å²) in [6, 6.07) is 32.3. The van der Waals surface area contributed by atoms with E-state index < -0.39 is 52.8 Å². The Morgan fingerprint density at radius 1 is 0.838 bits per heavy atom. The van der Waals surface area contributed by atoms with Crippen LogP contribution in [0.4, 0.5) is 24.5 Å². The number of anilines is 2. The second kappa shape index (κ2) is 22.5. The van der Waals surface area contributed by atoms with Crippen molar-refractivity contribution in [2.24, 2.45) is 11.7 Å². The van der Waals surface area contributed by atoms with Gasteiger partial charge in [-0.25, -0.2) is 21.6 Å². The average molecular weight is 1010 g/mol. The number of amides is 2. The van der Waals surface area contributed by atoms with Crippen LogP contribution in [0.1, 0.15) is 41.2 Å². The van der Waals surface area contributed by atoms with Gasteiger partial charge in [0.2, 0.25) is 5.91 Å². The molecule has 0 spiro atoms. The molecule has 2 fully saturated rings. The van der Waals surface area contributed by atoms with Crippen molar-refractivity contribution in [3.63, 3.8) is 0 Å². The highest BCUT2D eigenvalue weighted by Gasteiger charge is 2.48. The number of carbonyl (C=O) groups is 2. The maximum Gasteiger partial charge on any atom is 0.501 e. The molecule has 0 aliphatic carbocycles. The average Bonchev–Trinajstić information content (AvgIpc) is 3.34. The number of piperidine rings is 1. The number of benzene rings is 5. The first-order valence-corrected chi connectivity index (χ1v) is 26.3. The Balaban J connectivity index is 1.04. The normalized spacial score (nSPS) is 16.2. The Hall–Kier alpha value is -5.15. The van der Waals surface area contributed by atoms with Crippen molar-refractivity contribution in [2.75, 3.05) is 68.5 Å². The van der Waals surface area contributed by atoms with E-state index in [9.17, 15) is 39.6 Å². The molecular weight excluding hydrogens is 961 g/mol. The lowest BCUT2D eigenvalue weighted by Gasteiger charge is -2.38. The highest BCUT2D eigenvalue weighted by atomic mass is 35.5. The predicted octanol–water partition coefficient (Wildman–Crippen LogP) is 7.75. The Kier molecular flexibility index (Phi) is 16.8. The zero-order chi connectivity index (χ0) is 48.5. The molecule has 2 aliphatic heterocycles. The monoisotopic (exact) mass is 1010 g/mol. The molecule has 5 aromatic rings. The van der Waals surface area contributed by atoms with E-state index in [1.807, 2.05) is 83.6 Å². The number of thioether (sulfide) groups is 1. The van der Waals surface area contributed by atoms with Crippen LogP contribution in [0.15, 0.2) is 136 Å². The van der Waals surface area contributed by atoms with Gasteiger partial charge >= 0.3 is 5.51 Å². The van der Waals surface area contributed by atoms with Crippen LogP contribution in [0.25, 0.3) is 11.1 Å². The van der Waals surface area contributed by atoms with Crippen molar-refractivity contribution < 1.29 is 44.3 Å². The largest absolute Gasteiger partial charge is 0.501 e. The SMILES string of the molecule is NCC(=O)NC(c1ccccc1-c1ccc(Cl)cc1)C1CCN(c2ccc(C(=O)NS(=O)(=O)c3ccc(N[C@H](CCN4CCOCC4)CSc4ccccc4)c(S(=O)(=O)C(F)(F)F)c3)cc2)CC1. The van der Waals surface area contributed by atoms with E-state index in [0.29, 0.717) is 82.0 Å². The summed E-state index contributed by atoms with van der Waals surface area (Å²) in [4.78, 5) is 29.1. The van der Waals surface area contributed by atoms with Gasteiger partial charge in [-0.15, -0.1) is 11.8 Å². The minimum Gasteiger partial charge on any atom is -0.380 e. The number of morpholine rings is 1. The van der Waals surface area contributed by atoms with Gasteiger partial charge in [-0.3, -0.25) is 14.5 Å². The second-order valence-corrected chi connectivity index (χ2v) is 21.6. The standard InChI is InChI=1S/C48H52ClF3N6O7S3/c49-36-14-10-33(11-15-36)41-8-4-5-9-42(41)46(55-45(59)31-53)34-20-24-58(25-21-34)38-16-12-35(13-17-38)47(60)56-68(63,64)40-18-19-43(44(30-40)67(61,62)48(50,51)52)54-37(22-23-57-26-28-65-29-27-57)32-66-39-6-2-1-3-7-39/h1-19,30,34,37,46,54H,20-29,31-32,53H2,(H,55,59)(H,56,60)/t37-,46?/m1/s1. The summed E-state index contributed by atoms with van der Waals surface area (Å²) >= 11 is 7.60. The van der Waals surface area contributed by atoms with Gasteiger partial charge in [0.05, 0.1) is 36.4 Å². The number of carbonyl (C=O) groups excluding carboxylic acids is 2. The quantitative estimate of drug-likeness (QED) is 0.0629. The molecule has 5 aromatic carbocycles. The molecule has 0 saturated carbocycles. The summed E-state index contributed by atoms with van der Waals surface area (Å²) in [5, 5.41) is 6.73. The molecule has 2 amide bonds. The number of alkyl halides is 3. The zero-order valence-electron chi connectivity index (χ0n) is 36.8. The first-order chi connectivity index (χ1) is 32.5. The van der Waals surface area contributed by atoms with Crippen molar-refractivity contribution in [3.05, 3.63) is 137 Å². The first kappa shape index (κ1) is 50.7. The van der Waals surface area contributed by atoms with Crippen LogP contribution in [0.2, 0.25) is 5.02 Å². The third kappa shape index (κ3) is 12.7. The highest BCUT2D eigenvalue weighted by molar-refractivity contribution is 7.99. The Morgan fingerprint density at radius 2 is 1.50 bits per heavy atom. The minimum absolute atomic E-state index is 0.0439. The van der Waals surface area contributed by atoms with Gasteiger partial charge in [-0.1, -0.05) is 66.2 Å². The summed E-state index contributed by atoms with van der Waals surface area (Å²) in [6.07, 6.45) is 1.80. The molecule has 362 valence electrons. The molecular formula is C48H52ClF3N6O7S3. The number of ether oxygens (including phenoxy) is 1. The second-order valence-electron chi connectivity index (χ2n) is 16.5. The fourth-order valence-electron chi connectivity index (χ4n) is 8.33. The van der Waals surface area contributed by atoms with Crippen LogP contribution in [0.3, 0.4) is 0 Å². The molecule has 1 unspecified atom stereocenters. The third-order valence-corrected chi connectivity index (χ3v) is 16.3. The first-order valence-electron chi connectivity index (χ1n) is 22.0. The predicted molar refractivity (Wildman–Crippen MR) is 259 cm³/mol. The molecule has 2 aliphatic rings. The number of sulfonamides is 1. The van der Waals surface area contributed by atoms with Gasteiger partial charge in [0.1, 0.15) is 4.90 Å². The smallest absolute Gasteiger partial charge is 0.380 e. The summed E-state index contributed by atoms with van der Waals surface area (Å²) in [7, 11) is -11.0. The van der Waals surface area contributed by atoms with Crippen molar-refractivity contribution in [2.45, 2.75) is 51.5 Å². The van der Waals surface area contributed by atoms with Crippen LogP contribution >= 0.6 is 23.4 Å². The van der Waals surface area contributed by atoms with Crippen LogP contribution in [0, 0.1) is 5.92 Å². The van der Waals surface area contributed by atoms with E-state index in [0.717, 1.165) is 39.4 Å². The van der Waals surface area contributed by atoms with E-state index in [1.165, 1.54) is 23.9 Å². The summed E-state index contributed by atoms with van der Waals surface area (Å²) < 4.78 is 103. The summed E-state index contributed by atoms with van der Waals surface area (Å²) in [5.74, 6) is -0.962. The number of hydrogen-bond donors (Lipinski definition) is 4. The van der Waals surface area contributed by atoms with E-state index in [4.69, 9.17) is 22.1 Å². The number of nitrogens with two attached hydrogens (primary N) is 1. The maximum absolute atomic E-state index is 14.2. The van der Waals surface area contributed by atoms with Crippen LogP contribution in [-0.2, 0) is 29.4 Å². The van der Waals surface area contributed by atoms with Gasteiger partial charge in [0.25, 0.3) is 25.8 Å². The Bertz CT molecular complexity index is 2740. The van der Waals surface area contributed by atoms with Crippen molar-refractivity contribution in [1.82, 2.24) is 14.9 Å². The number of halogens is 4. The topological polar surface area (TPSA) is 180 Å². The molecule has 7 rings (SSSR count). The van der Waals surface area contributed by atoms with E-state index >= 15 is 0 Å². The van der Waals surface area contributed by atoms with Gasteiger partial charge in [-0.05, 0) is 109 Å². The number of rotatable bonds is 18. The molecule has 2 saturated heterocycles. The highest BCUT2D eigenvalue weighted by Crippen LogP contribution is 2.39. The van der Waals surface area contributed by atoms with E-state index in [2.05, 4.69) is 20.4 Å². The molecule has 5 N–H and O–H groups in total. The van der Waals surface area contributed by atoms with E-state index in [1.54, 1.807) is 12.1 Å². The van der Waals surface area contributed by atoms with Crippen molar-refractivity contribution >= 4 is 66.4 Å². The zero-order valence-corrected chi connectivity index (χ0v) is 40.0. The molecule has 68 heavy (non-hydrogen) atoms. The fraction of sp³-hybridized carbons (Fsp3) is 0.333. The number of hydrogen-bond acceptors (Lipinski definition) is 12. The molecule has 2 heterocycles. The lowest BCUT2D eigenvalue weighted by molar-refractivity contribution is -0.120. The van der Waals surface area contributed by atoms with Crippen molar-refractivity contribution in [3.8, 4) is 11.1 Å². The summed E-state index contributed by atoms with van der Waals surface area (Å²) in [6.45, 7) is 3.96. The van der Waals surface area contributed by atoms with E-state index in [-0.39, 0.29) is 30.0 Å². The number of sulfone groups is 1. The molecule has 20 heteroatoms. The van der Waals surface area contributed by atoms with Crippen LogP contribution in [0.5, 0.6) is 0 Å². The Labute approximate surface area is 403 Å². The lowest BCUT2D eigenvalue weighted by Crippen LogP contribution is -2.42. The van der Waals surface area contributed by atoms with Crippen LogP contribution in [-0.4, -0.2) is 103 Å². The molecule has 0 radical (unpaired) electrons.